The van der Waals surface area contributed by atoms with Crippen molar-refractivity contribution < 1.29 is 9.59 Å². The highest BCUT2D eigenvalue weighted by Crippen LogP contribution is 2.61. The molecule has 2 amide bonds. The molecule has 6 rings (SSSR count). The topological polar surface area (TPSA) is 49.4 Å². The van der Waals surface area contributed by atoms with Crippen LogP contribution < -0.4 is 5.32 Å². The number of benzene rings is 1. The first-order valence-electron chi connectivity index (χ1n) is 12.3. The van der Waals surface area contributed by atoms with Crippen molar-refractivity contribution in [3.8, 4) is 0 Å². The number of halogens is 1. The second-order valence-corrected chi connectivity index (χ2v) is 11.4. The molecule has 4 nitrogen and oxygen atoms in total. The van der Waals surface area contributed by atoms with E-state index in [-0.39, 0.29) is 17.9 Å². The molecular formula is C26H35ClN2O2. The Kier molecular flexibility index (Phi) is 6.02. The SMILES string of the molecule is O=C(CC12CC3CC(CC(C3)C1)C2)NC1CCN(C(=O)CCc2ccc(Cl)cc2)CC1. The van der Waals surface area contributed by atoms with Gasteiger partial charge in [-0.1, -0.05) is 23.7 Å². The molecule has 1 aliphatic heterocycles. The number of carbonyl (C=O) groups is 2. The van der Waals surface area contributed by atoms with Gasteiger partial charge in [0.05, 0.1) is 0 Å². The van der Waals surface area contributed by atoms with Gasteiger partial charge in [-0.15, -0.1) is 0 Å². The Morgan fingerprint density at radius 2 is 1.55 bits per heavy atom. The van der Waals surface area contributed by atoms with Gasteiger partial charge >= 0.3 is 0 Å². The predicted octanol–water partition coefficient (Wildman–Crippen LogP) is 4.99. The molecule has 0 atom stereocenters. The Labute approximate surface area is 191 Å². The number of likely N-dealkylation sites (tertiary alicyclic amines) is 1. The minimum absolute atomic E-state index is 0.216. The first kappa shape index (κ1) is 21.3. The third kappa shape index (κ3) is 4.94. The fourth-order valence-electron chi connectivity index (χ4n) is 7.46. The van der Waals surface area contributed by atoms with Crippen LogP contribution in [0.3, 0.4) is 0 Å². The minimum Gasteiger partial charge on any atom is -0.353 e. The van der Waals surface area contributed by atoms with E-state index in [4.69, 9.17) is 11.6 Å². The molecule has 5 aliphatic rings. The molecule has 0 spiro atoms. The van der Waals surface area contributed by atoms with Gasteiger partial charge in [0.1, 0.15) is 0 Å². The van der Waals surface area contributed by atoms with Gasteiger partial charge in [0.2, 0.25) is 11.8 Å². The molecule has 1 heterocycles. The summed E-state index contributed by atoms with van der Waals surface area (Å²) in [5, 5.41) is 4.05. The number of nitrogens with zero attached hydrogens (tertiary/aromatic N) is 1. The average Bonchev–Trinajstić information content (AvgIpc) is 2.72. The van der Waals surface area contributed by atoms with Gasteiger partial charge in [-0.2, -0.15) is 0 Å². The molecule has 5 fully saturated rings. The van der Waals surface area contributed by atoms with Crippen molar-refractivity contribution in [3.05, 3.63) is 34.9 Å². The third-order valence-electron chi connectivity index (χ3n) is 8.45. The molecule has 168 valence electrons. The van der Waals surface area contributed by atoms with Gasteiger partial charge in [0.25, 0.3) is 0 Å². The molecule has 4 aliphatic carbocycles. The smallest absolute Gasteiger partial charge is 0.222 e. The maximum absolute atomic E-state index is 12.9. The van der Waals surface area contributed by atoms with Crippen LogP contribution in [0.4, 0.5) is 0 Å². The van der Waals surface area contributed by atoms with Gasteiger partial charge in [-0.25, -0.2) is 0 Å². The molecular weight excluding hydrogens is 408 g/mol. The molecule has 1 aromatic rings. The summed E-state index contributed by atoms with van der Waals surface area (Å²) in [5.74, 6) is 3.14. The number of piperidine rings is 1. The summed E-state index contributed by atoms with van der Waals surface area (Å²) in [6, 6.07) is 7.95. The monoisotopic (exact) mass is 442 g/mol. The average molecular weight is 443 g/mol. The first-order valence-corrected chi connectivity index (χ1v) is 12.7. The van der Waals surface area contributed by atoms with E-state index in [0.717, 1.165) is 67.1 Å². The van der Waals surface area contributed by atoms with Crippen LogP contribution in [0.2, 0.25) is 5.02 Å². The van der Waals surface area contributed by atoms with Gasteiger partial charge < -0.3 is 10.2 Å². The Bertz CT molecular complexity index is 778. The quantitative estimate of drug-likeness (QED) is 0.674. The van der Waals surface area contributed by atoms with E-state index in [9.17, 15) is 9.59 Å². The molecule has 1 saturated heterocycles. The Hall–Kier alpha value is -1.55. The summed E-state index contributed by atoms with van der Waals surface area (Å²) in [6.45, 7) is 1.50. The zero-order valence-electron chi connectivity index (χ0n) is 18.5. The normalized spacial score (nSPS) is 32.3. The maximum atomic E-state index is 12.9. The lowest BCUT2D eigenvalue weighted by Gasteiger charge is -2.56. The maximum Gasteiger partial charge on any atom is 0.222 e. The highest BCUT2D eigenvalue weighted by atomic mass is 35.5. The molecule has 5 heteroatoms. The largest absolute Gasteiger partial charge is 0.353 e. The fraction of sp³-hybridized carbons (Fsp3) is 0.692. The summed E-state index contributed by atoms with van der Waals surface area (Å²) in [4.78, 5) is 27.5. The second-order valence-electron chi connectivity index (χ2n) is 10.9. The standard InChI is InChI=1S/C26H35ClN2O2/c27-22-4-1-18(2-5-22)3-6-25(31)29-9-7-23(8-10-29)28-24(30)17-26-14-19-11-20(15-26)13-21(12-19)16-26/h1-2,4-5,19-21,23H,3,6-17H2,(H,28,30). The van der Waals surface area contributed by atoms with Gasteiger partial charge in [-0.3, -0.25) is 9.59 Å². The molecule has 1 N–H and O–H groups in total. The van der Waals surface area contributed by atoms with Crippen LogP contribution in [0.1, 0.15) is 69.8 Å². The van der Waals surface area contributed by atoms with Gasteiger partial charge in [0.15, 0.2) is 0 Å². The minimum atomic E-state index is 0.216. The lowest BCUT2D eigenvalue weighted by Crippen LogP contribution is -2.50. The lowest BCUT2D eigenvalue weighted by atomic mass is 9.49. The number of amides is 2. The van der Waals surface area contributed by atoms with Crippen LogP contribution >= 0.6 is 11.6 Å². The van der Waals surface area contributed by atoms with E-state index >= 15 is 0 Å². The van der Waals surface area contributed by atoms with E-state index in [1.165, 1.54) is 38.5 Å². The number of hydrogen-bond acceptors (Lipinski definition) is 2. The molecule has 1 aromatic carbocycles. The molecule has 0 radical (unpaired) electrons. The summed E-state index contributed by atoms with van der Waals surface area (Å²) in [5.41, 5.74) is 1.45. The molecule has 4 saturated carbocycles. The van der Waals surface area contributed by atoms with Crippen LogP contribution in [0.5, 0.6) is 0 Å². The van der Waals surface area contributed by atoms with E-state index < -0.39 is 0 Å². The number of nitrogens with one attached hydrogen (secondary N) is 1. The van der Waals surface area contributed by atoms with E-state index in [1.54, 1.807) is 0 Å². The number of carbonyl (C=O) groups excluding carboxylic acids is 2. The van der Waals surface area contributed by atoms with Gasteiger partial charge in [0, 0.05) is 37.0 Å². The van der Waals surface area contributed by atoms with Crippen molar-refractivity contribution in [2.75, 3.05) is 13.1 Å². The van der Waals surface area contributed by atoms with E-state index in [2.05, 4.69) is 5.32 Å². The summed E-state index contributed by atoms with van der Waals surface area (Å²) in [7, 11) is 0. The van der Waals surface area contributed by atoms with Crippen LogP contribution in [0, 0.1) is 23.2 Å². The van der Waals surface area contributed by atoms with Crippen molar-refractivity contribution in [2.45, 2.75) is 76.7 Å². The highest BCUT2D eigenvalue weighted by molar-refractivity contribution is 6.30. The third-order valence-corrected chi connectivity index (χ3v) is 8.71. The predicted molar refractivity (Wildman–Crippen MR) is 123 cm³/mol. The Morgan fingerprint density at radius 3 is 2.13 bits per heavy atom. The van der Waals surface area contributed by atoms with Crippen molar-refractivity contribution in [1.29, 1.82) is 0 Å². The van der Waals surface area contributed by atoms with Crippen molar-refractivity contribution >= 4 is 23.4 Å². The van der Waals surface area contributed by atoms with Crippen molar-refractivity contribution in [1.82, 2.24) is 10.2 Å². The molecule has 4 bridgehead atoms. The Morgan fingerprint density at radius 1 is 0.968 bits per heavy atom. The lowest BCUT2D eigenvalue weighted by molar-refractivity contribution is -0.132. The summed E-state index contributed by atoms with van der Waals surface area (Å²) < 4.78 is 0. The highest BCUT2D eigenvalue weighted by Gasteiger charge is 2.51. The van der Waals surface area contributed by atoms with Crippen LogP contribution in [0.15, 0.2) is 24.3 Å². The molecule has 31 heavy (non-hydrogen) atoms. The zero-order chi connectivity index (χ0) is 21.4. The van der Waals surface area contributed by atoms with Crippen LogP contribution in [-0.2, 0) is 16.0 Å². The number of hydrogen-bond donors (Lipinski definition) is 1. The number of aryl methyl sites for hydroxylation is 1. The van der Waals surface area contributed by atoms with E-state index in [0.29, 0.717) is 11.8 Å². The second kappa shape index (κ2) is 8.77. The van der Waals surface area contributed by atoms with Gasteiger partial charge in [-0.05, 0) is 98.7 Å². The summed E-state index contributed by atoms with van der Waals surface area (Å²) >= 11 is 5.93. The van der Waals surface area contributed by atoms with Crippen LogP contribution in [-0.4, -0.2) is 35.8 Å². The fourth-order valence-corrected chi connectivity index (χ4v) is 7.59. The first-order chi connectivity index (χ1) is 15.0. The summed E-state index contributed by atoms with van der Waals surface area (Å²) in [6.07, 6.45) is 11.9. The zero-order valence-corrected chi connectivity index (χ0v) is 19.2. The molecule has 0 aromatic heterocycles. The Balaban J connectivity index is 1.05. The van der Waals surface area contributed by atoms with Crippen LogP contribution in [0.25, 0.3) is 0 Å². The van der Waals surface area contributed by atoms with Crippen molar-refractivity contribution in [3.63, 3.8) is 0 Å². The molecule has 0 unspecified atom stereocenters. The van der Waals surface area contributed by atoms with Crippen molar-refractivity contribution in [2.24, 2.45) is 23.2 Å². The number of rotatable bonds is 6. The van der Waals surface area contributed by atoms with E-state index in [1.807, 2.05) is 29.2 Å².